The summed E-state index contributed by atoms with van der Waals surface area (Å²) in [6.45, 7) is 5.09. The van der Waals surface area contributed by atoms with E-state index in [-0.39, 0.29) is 22.9 Å². The zero-order valence-electron chi connectivity index (χ0n) is 20.0. The van der Waals surface area contributed by atoms with Gasteiger partial charge in [0.1, 0.15) is 5.60 Å². The van der Waals surface area contributed by atoms with Crippen molar-refractivity contribution in [2.45, 2.75) is 62.2 Å². The van der Waals surface area contributed by atoms with Crippen molar-refractivity contribution in [3.8, 4) is 11.5 Å². The van der Waals surface area contributed by atoms with Gasteiger partial charge in [-0.1, -0.05) is 24.3 Å². The van der Waals surface area contributed by atoms with Crippen molar-refractivity contribution in [2.24, 2.45) is 13.0 Å². The van der Waals surface area contributed by atoms with Gasteiger partial charge >= 0.3 is 0 Å². The number of benzene rings is 2. The molecule has 0 amide bonds. The lowest BCUT2D eigenvalue weighted by Gasteiger charge is -2.64. The highest BCUT2D eigenvalue weighted by Crippen LogP contribution is 2.70. The minimum absolute atomic E-state index is 0.145. The van der Waals surface area contributed by atoms with Gasteiger partial charge in [-0.2, -0.15) is 0 Å². The van der Waals surface area contributed by atoms with E-state index in [4.69, 9.17) is 9.47 Å². The third kappa shape index (κ3) is 2.11. The van der Waals surface area contributed by atoms with Gasteiger partial charge in [0.25, 0.3) is 0 Å². The molecule has 1 spiro atoms. The van der Waals surface area contributed by atoms with Crippen molar-refractivity contribution in [2.75, 3.05) is 19.7 Å². The molecule has 3 aromatic rings. The molecule has 34 heavy (non-hydrogen) atoms. The minimum atomic E-state index is -0.358. The SMILES string of the molecule is CCO[C@@]12Cc3c(n(C)c4ccccc34)[C@@H]3Oc4c(O)ccc5c4[C@@]31CCN(CC1CC1)[C@H]2C5. The molecule has 2 aromatic carbocycles. The fourth-order valence-electron chi connectivity index (χ4n) is 8.43. The number of aromatic hydroxyl groups is 1. The zero-order valence-corrected chi connectivity index (χ0v) is 20.0. The largest absolute Gasteiger partial charge is 0.504 e. The lowest BCUT2D eigenvalue weighted by atomic mass is 9.48. The van der Waals surface area contributed by atoms with Gasteiger partial charge in [-0.25, -0.2) is 0 Å². The molecular formula is C29H32N2O3. The molecule has 5 heteroatoms. The van der Waals surface area contributed by atoms with Crippen LogP contribution in [0.5, 0.6) is 11.5 Å². The number of phenols is 1. The van der Waals surface area contributed by atoms with E-state index in [0.717, 1.165) is 31.7 Å². The second-order valence-corrected chi connectivity index (χ2v) is 11.3. The average Bonchev–Trinajstić information content (AvgIpc) is 3.52. The van der Waals surface area contributed by atoms with Crippen LogP contribution in [0.4, 0.5) is 0 Å². The highest BCUT2D eigenvalue weighted by molar-refractivity contribution is 5.87. The zero-order chi connectivity index (χ0) is 22.8. The van der Waals surface area contributed by atoms with Crippen LogP contribution in [0.2, 0.25) is 0 Å². The topological polar surface area (TPSA) is 46.9 Å². The minimum Gasteiger partial charge on any atom is -0.504 e. The second kappa shape index (κ2) is 6.38. The standard InChI is InChI=1S/C29H32N2O3/c1-3-33-29-15-20-19-6-4-5-7-21(19)30(2)25(20)27-28(29)12-13-31(16-17-8-9-17)23(29)14-18-10-11-22(32)26(34-27)24(18)28/h4-7,10-11,17,23,27,32H,3,8-9,12-16H2,1-2H3/t23-,27-,28-,29+/m0/s1. The Bertz CT molecular complexity index is 1360. The van der Waals surface area contributed by atoms with E-state index >= 15 is 0 Å². The third-order valence-electron chi connectivity index (χ3n) is 9.83. The fraction of sp³-hybridized carbons (Fsp3) is 0.517. The predicted octanol–water partition coefficient (Wildman–Crippen LogP) is 4.63. The summed E-state index contributed by atoms with van der Waals surface area (Å²) in [5, 5.41) is 12.3. The van der Waals surface area contributed by atoms with Crippen LogP contribution in [0.15, 0.2) is 36.4 Å². The van der Waals surface area contributed by atoms with E-state index in [2.05, 4.69) is 53.8 Å². The van der Waals surface area contributed by atoms with Crippen LogP contribution in [0.3, 0.4) is 0 Å². The van der Waals surface area contributed by atoms with E-state index in [1.165, 1.54) is 52.7 Å². The number of likely N-dealkylation sites (tertiary alicyclic amines) is 1. The molecule has 5 aliphatic rings. The van der Waals surface area contributed by atoms with Crippen LogP contribution < -0.4 is 4.74 Å². The summed E-state index contributed by atoms with van der Waals surface area (Å²) in [4.78, 5) is 2.76. The van der Waals surface area contributed by atoms with Gasteiger partial charge < -0.3 is 19.1 Å². The van der Waals surface area contributed by atoms with Gasteiger partial charge in [0, 0.05) is 49.1 Å². The summed E-state index contributed by atoms with van der Waals surface area (Å²) in [6, 6.07) is 13.1. The predicted molar refractivity (Wildman–Crippen MR) is 131 cm³/mol. The molecule has 2 aliphatic heterocycles. The average molecular weight is 457 g/mol. The Morgan fingerprint density at radius 2 is 2.03 bits per heavy atom. The maximum absolute atomic E-state index is 11.0. The molecule has 8 rings (SSSR count). The fourth-order valence-corrected chi connectivity index (χ4v) is 8.43. The van der Waals surface area contributed by atoms with Gasteiger partial charge in [-0.3, -0.25) is 4.90 Å². The summed E-state index contributed by atoms with van der Waals surface area (Å²) < 4.78 is 16.3. The molecule has 0 radical (unpaired) electrons. The van der Waals surface area contributed by atoms with Crippen LogP contribution in [-0.4, -0.2) is 45.9 Å². The first-order valence-electron chi connectivity index (χ1n) is 13.0. The number of hydrogen-bond acceptors (Lipinski definition) is 4. The first-order chi connectivity index (χ1) is 16.6. The molecule has 5 nitrogen and oxygen atoms in total. The molecule has 0 unspecified atom stereocenters. The number of aromatic nitrogens is 1. The molecule has 4 atom stereocenters. The Morgan fingerprint density at radius 3 is 2.85 bits per heavy atom. The first kappa shape index (κ1) is 19.8. The number of hydrogen-bond donors (Lipinski definition) is 1. The lowest BCUT2D eigenvalue weighted by molar-refractivity contribution is -0.203. The molecular weight excluding hydrogens is 424 g/mol. The molecule has 2 fully saturated rings. The molecule has 1 N–H and O–H groups in total. The van der Waals surface area contributed by atoms with E-state index in [1.54, 1.807) is 0 Å². The van der Waals surface area contributed by atoms with Gasteiger partial charge in [0.05, 0.1) is 11.1 Å². The first-order valence-corrected chi connectivity index (χ1v) is 13.0. The van der Waals surface area contributed by atoms with Crippen molar-refractivity contribution < 1.29 is 14.6 Å². The number of para-hydroxylation sites is 1. The highest BCUT2D eigenvalue weighted by Gasteiger charge is 2.74. The maximum atomic E-state index is 11.0. The second-order valence-electron chi connectivity index (χ2n) is 11.3. The van der Waals surface area contributed by atoms with Crippen LogP contribution in [-0.2, 0) is 30.0 Å². The number of aryl methyl sites for hydroxylation is 1. The monoisotopic (exact) mass is 456 g/mol. The van der Waals surface area contributed by atoms with E-state index in [9.17, 15) is 5.11 Å². The van der Waals surface area contributed by atoms with Gasteiger partial charge in [-0.05, 0) is 68.3 Å². The van der Waals surface area contributed by atoms with Crippen molar-refractivity contribution in [3.05, 3.63) is 58.8 Å². The molecule has 3 aliphatic carbocycles. The summed E-state index contributed by atoms with van der Waals surface area (Å²) in [5.74, 6) is 1.82. The maximum Gasteiger partial charge on any atom is 0.166 e. The normalized spacial score (nSPS) is 33.0. The number of fused-ring (bicyclic) bond motifs is 4. The quantitative estimate of drug-likeness (QED) is 0.622. The van der Waals surface area contributed by atoms with Crippen LogP contribution in [0, 0.1) is 5.92 Å². The molecule has 1 aromatic heterocycles. The Kier molecular flexibility index (Phi) is 3.71. The van der Waals surface area contributed by atoms with E-state index < -0.39 is 0 Å². The smallest absolute Gasteiger partial charge is 0.166 e. The van der Waals surface area contributed by atoms with Crippen LogP contribution in [0.1, 0.15) is 54.7 Å². The number of rotatable bonds is 4. The summed E-state index contributed by atoms with van der Waals surface area (Å²) >= 11 is 0. The summed E-state index contributed by atoms with van der Waals surface area (Å²) in [6.07, 6.45) is 5.46. The Balaban J connectivity index is 1.46. The third-order valence-corrected chi connectivity index (χ3v) is 9.83. The van der Waals surface area contributed by atoms with Crippen LogP contribution >= 0.6 is 0 Å². The molecule has 1 saturated carbocycles. The molecule has 1 saturated heterocycles. The van der Waals surface area contributed by atoms with Crippen molar-refractivity contribution >= 4 is 10.9 Å². The number of phenolic OH excluding ortho intramolecular Hbond substituents is 1. The van der Waals surface area contributed by atoms with Crippen molar-refractivity contribution in [1.29, 1.82) is 0 Å². The Labute approximate surface area is 200 Å². The van der Waals surface area contributed by atoms with E-state index in [0.29, 0.717) is 18.4 Å². The lowest BCUT2D eigenvalue weighted by Crippen LogP contribution is -2.75. The molecule has 176 valence electrons. The number of piperidine rings is 1. The van der Waals surface area contributed by atoms with Gasteiger partial charge in [-0.15, -0.1) is 0 Å². The molecule has 2 bridgehead atoms. The van der Waals surface area contributed by atoms with E-state index in [1.807, 2.05) is 6.07 Å². The van der Waals surface area contributed by atoms with Crippen molar-refractivity contribution in [3.63, 3.8) is 0 Å². The van der Waals surface area contributed by atoms with Crippen LogP contribution in [0.25, 0.3) is 10.9 Å². The summed E-state index contributed by atoms with van der Waals surface area (Å²) in [7, 11) is 2.18. The Hall–Kier alpha value is -2.50. The van der Waals surface area contributed by atoms with Gasteiger partial charge in [0.15, 0.2) is 17.6 Å². The number of nitrogens with zero attached hydrogens (tertiary/aromatic N) is 2. The molecule has 3 heterocycles. The van der Waals surface area contributed by atoms with Crippen molar-refractivity contribution in [1.82, 2.24) is 9.47 Å². The Morgan fingerprint density at radius 1 is 1.18 bits per heavy atom. The van der Waals surface area contributed by atoms with Gasteiger partial charge in [0.2, 0.25) is 0 Å². The summed E-state index contributed by atoms with van der Waals surface area (Å²) in [5.41, 5.74) is 5.86. The highest BCUT2D eigenvalue weighted by atomic mass is 16.5. The number of ether oxygens (including phenoxy) is 2.